The second-order valence-electron chi connectivity index (χ2n) is 18.6. The van der Waals surface area contributed by atoms with Crippen LogP contribution in [0.4, 0.5) is 0 Å². The summed E-state index contributed by atoms with van der Waals surface area (Å²) in [5.41, 5.74) is 0. The molecule has 0 aromatic rings. The lowest BCUT2D eigenvalue weighted by Gasteiger charge is -2.06. The van der Waals surface area contributed by atoms with E-state index in [9.17, 15) is 4.79 Å². The first-order chi connectivity index (χ1) is 28.3. The summed E-state index contributed by atoms with van der Waals surface area (Å²) in [7, 11) is 0. The van der Waals surface area contributed by atoms with Crippen molar-refractivity contribution < 1.29 is 9.53 Å². The van der Waals surface area contributed by atoms with Crippen LogP contribution in [-0.4, -0.2) is 12.6 Å². The van der Waals surface area contributed by atoms with Gasteiger partial charge in [-0.05, 0) is 38.5 Å². The van der Waals surface area contributed by atoms with Gasteiger partial charge in [0.2, 0.25) is 0 Å². The van der Waals surface area contributed by atoms with E-state index in [1.807, 2.05) is 0 Å². The van der Waals surface area contributed by atoms with Gasteiger partial charge in [0.1, 0.15) is 0 Å². The van der Waals surface area contributed by atoms with Crippen LogP contribution in [0, 0.1) is 0 Å². The summed E-state index contributed by atoms with van der Waals surface area (Å²) < 4.78 is 5.50. The van der Waals surface area contributed by atoms with Crippen molar-refractivity contribution in [2.24, 2.45) is 0 Å². The van der Waals surface area contributed by atoms with Gasteiger partial charge in [-0.3, -0.25) is 4.79 Å². The Morgan fingerprint density at radius 2 is 0.491 bits per heavy atom. The molecule has 0 N–H and O–H groups in total. The molecule has 0 aromatic carbocycles. The molecule has 0 radical (unpaired) electrons. The zero-order valence-corrected chi connectivity index (χ0v) is 39.8. The predicted octanol–water partition coefficient (Wildman–Crippen LogP) is 20.2. The van der Waals surface area contributed by atoms with Gasteiger partial charge >= 0.3 is 5.97 Å². The Balaban J connectivity index is 3.16. The van der Waals surface area contributed by atoms with Gasteiger partial charge in [0.25, 0.3) is 0 Å². The topological polar surface area (TPSA) is 26.3 Å². The average Bonchev–Trinajstić information content (AvgIpc) is 3.22. The second-order valence-corrected chi connectivity index (χ2v) is 18.6. The summed E-state index contributed by atoms with van der Waals surface area (Å²) in [5, 5.41) is 0. The molecule has 2 nitrogen and oxygen atoms in total. The molecule has 0 aliphatic carbocycles. The van der Waals surface area contributed by atoms with Crippen molar-refractivity contribution in [3.05, 3.63) is 12.2 Å². The van der Waals surface area contributed by atoms with Crippen molar-refractivity contribution in [3.8, 4) is 0 Å². The summed E-state index contributed by atoms with van der Waals surface area (Å²) in [5.74, 6) is 0.0310. The van der Waals surface area contributed by atoms with Crippen molar-refractivity contribution in [3.63, 3.8) is 0 Å². The van der Waals surface area contributed by atoms with E-state index in [4.69, 9.17) is 4.74 Å². The fourth-order valence-electron chi connectivity index (χ4n) is 8.61. The number of rotatable bonds is 51. The van der Waals surface area contributed by atoms with Gasteiger partial charge in [-0.15, -0.1) is 0 Å². The van der Waals surface area contributed by atoms with E-state index in [0.717, 1.165) is 12.8 Å². The highest BCUT2D eigenvalue weighted by Crippen LogP contribution is 2.18. The number of hydrogen-bond donors (Lipinski definition) is 0. The van der Waals surface area contributed by atoms with Crippen LogP contribution in [0.15, 0.2) is 12.2 Å². The first-order valence-electron chi connectivity index (χ1n) is 27.1. The number of esters is 1. The van der Waals surface area contributed by atoms with Crippen LogP contribution in [-0.2, 0) is 9.53 Å². The molecule has 0 spiro atoms. The third kappa shape index (κ3) is 53.2. The smallest absolute Gasteiger partial charge is 0.305 e. The number of hydrogen-bond acceptors (Lipinski definition) is 2. The van der Waals surface area contributed by atoms with Crippen LogP contribution in [0.2, 0.25) is 0 Å². The van der Waals surface area contributed by atoms with Gasteiger partial charge in [0.05, 0.1) is 6.61 Å². The van der Waals surface area contributed by atoms with Gasteiger partial charge in [0, 0.05) is 6.42 Å². The van der Waals surface area contributed by atoms with Crippen LogP contribution in [0.5, 0.6) is 0 Å². The molecular formula is C55H108O2. The van der Waals surface area contributed by atoms with E-state index in [1.165, 1.54) is 295 Å². The van der Waals surface area contributed by atoms with Gasteiger partial charge in [-0.1, -0.05) is 296 Å². The molecule has 340 valence electrons. The number of carbonyl (C=O) groups excluding carboxylic acids is 1. The standard InChI is InChI=1S/C55H108O2/c1-3-5-7-9-11-13-15-17-19-21-23-25-26-27-28-29-30-31-32-33-34-35-37-39-41-43-45-47-49-51-53-55(56)57-54-52-50-48-46-44-42-40-38-36-24-22-20-18-16-14-12-10-8-6-4-2/h18,20H,3-17,19,21-54H2,1-2H3/b20-18-. The normalized spacial score (nSPS) is 11.7. The number of unbranched alkanes of at least 4 members (excludes halogenated alkanes) is 45. The van der Waals surface area contributed by atoms with E-state index >= 15 is 0 Å². The predicted molar refractivity (Wildman–Crippen MR) is 258 cm³/mol. The number of ether oxygens (including phenoxy) is 1. The Morgan fingerprint density at radius 1 is 0.281 bits per heavy atom. The molecule has 0 aliphatic rings. The monoisotopic (exact) mass is 801 g/mol. The zero-order chi connectivity index (χ0) is 41.1. The third-order valence-electron chi connectivity index (χ3n) is 12.7. The van der Waals surface area contributed by atoms with Crippen LogP contribution in [0.25, 0.3) is 0 Å². The maximum Gasteiger partial charge on any atom is 0.305 e. The van der Waals surface area contributed by atoms with Crippen molar-refractivity contribution >= 4 is 5.97 Å². The second kappa shape index (κ2) is 53.2. The highest BCUT2D eigenvalue weighted by atomic mass is 16.5. The first-order valence-corrected chi connectivity index (χ1v) is 27.1. The molecule has 0 heterocycles. The van der Waals surface area contributed by atoms with Crippen molar-refractivity contribution in [2.45, 2.75) is 328 Å². The highest BCUT2D eigenvalue weighted by molar-refractivity contribution is 5.69. The summed E-state index contributed by atoms with van der Waals surface area (Å²) in [6.45, 7) is 5.23. The molecule has 0 rings (SSSR count). The maximum atomic E-state index is 12.1. The molecule has 57 heavy (non-hydrogen) atoms. The van der Waals surface area contributed by atoms with Crippen LogP contribution >= 0.6 is 0 Å². The lowest BCUT2D eigenvalue weighted by atomic mass is 10.0. The molecule has 0 amide bonds. The molecule has 0 aromatic heterocycles. The fraction of sp³-hybridized carbons (Fsp3) is 0.945. The average molecular weight is 801 g/mol. The molecule has 0 atom stereocenters. The van der Waals surface area contributed by atoms with E-state index in [-0.39, 0.29) is 5.97 Å². The molecule has 2 heteroatoms. The Hall–Kier alpha value is -0.790. The summed E-state index contributed by atoms with van der Waals surface area (Å²) in [4.78, 5) is 12.1. The van der Waals surface area contributed by atoms with Crippen molar-refractivity contribution in [1.29, 1.82) is 0 Å². The molecule has 0 bridgehead atoms. The maximum absolute atomic E-state index is 12.1. The fourth-order valence-corrected chi connectivity index (χ4v) is 8.61. The quantitative estimate of drug-likeness (QED) is 0.0348. The van der Waals surface area contributed by atoms with Gasteiger partial charge in [-0.25, -0.2) is 0 Å². The summed E-state index contributed by atoms with van der Waals surface area (Å²) in [6, 6.07) is 0. The lowest BCUT2D eigenvalue weighted by molar-refractivity contribution is -0.143. The first kappa shape index (κ1) is 56.2. The van der Waals surface area contributed by atoms with Crippen LogP contribution in [0.1, 0.15) is 328 Å². The van der Waals surface area contributed by atoms with Gasteiger partial charge < -0.3 is 4.74 Å². The minimum atomic E-state index is 0.0310. The Bertz CT molecular complexity index is 743. The van der Waals surface area contributed by atoms with E-state index in [0.29, 0.717) is 13.0 Å². The Kier molecular flexibility index (Phi) is 52.5. The summed E-state index contributed by atoms with van der Waals surface area (Å²) in [6.07, 6.45) is 72.3. The van der Waals surface area contributed by atoms with E-state index in [2.05, 4.69) is 26.0 Å². The molecular weight excluding hydrogens is 693 g/mol. The molecule has 0 saturated carbocycles. The molecule has 0 aliphatic heterocycles. The molecule has 0 saturated heterocycles. The van der Waals surface area contributed by atoms with Crippen LogP contribution in [0.3, 0.4) is 0 Å². The Morgan fingerprint density at radius 3 is 0.754 bits per heavy atom. The van der Waals surface area contributed by atoms with E-state index in [1.54, 1.807) is 0 Å². The molecule has 0 fully saturated rings. The number of allylic oxidation sites excluding steroid dienone is 2. The highest BCUT2D eigenvalue weighted by Gasteiger charge is 2.03. The minimum Gasteiger partial charge on any atom is -0.466 e. The van der Waals surface area contributed by atoms with Crippen LogP contribution < -0.4 is 0 Å². The number of carbonyl (C=O) groups is 1. The van der Waals surface area contributed by atoms with Crippen molar-refractivity contribution in [1.82, 2.24) is 0 Å². The Labute approximate surface area is 361 Å². The minimum absolute atomic E-state index is 0.0310. The van der Waals surface area contributed by atoms with Gasteiger partial charge in [-0.2, -0.15) is 0 Å². The molecule has 0 unspecified atom stereocenters. The SMILES string of the molecule is CCCCCCCC/C=C\CCCCCCCCCCCCOC(=O)CCCCCCCCCCCCCCCCCCCCCCCCCCCCCCCC. The van der Waals surface area contributed by atoms with Crippen molar-refractivity contribution in [2.75, 3.05) is 6.61 Å². The van der Waals surface area contributed by atoms with E-state index < -0.39 is 0 Å². The summed E-state index contributed by atoms with van der Waals surface area (Å²) >= 11 is 0. The zero-order valence-electron chi connectivity index (χ0n) is 39.8. The largest absolute Gasteiger partial charge is 0.466 e. The lowest BCUT2D eigenvalue weighted by Crippen LogP contribution is -2.05. The third-order valence-corrected chi connectivity index (χ3v) is 12.7. The van der Waals surface area contributed by atoms with Gasteiger partial charge in [0.15, 0.2) is 0 Å².